The lowest BCUT2D eigenvalue weighted by Gasteiger charge is -2.21. The number of amides is 1. The van der Waals surface area contributed by atoms with E-state index in [9.17, 15) is 9.59 Å². The maximum absolute atomic E-state index is 11.5. The minimum absolute atomic E-state index is 0.0281. The SMILES string of the molecule is CCOC(=O)[C@@H]1C[C@@H]2CC(=O)N[C@H]1C2. The third-order valence-corrected chi connectivity index (χ3v) is 3.07. The van der Waals surface area contributed by atoms with Crippen LogP contribution in [0.15, 0.2) is 0 Å². The second-order valence-corrected chi connectivity index (χ2v) is 4.07. The summed E-state index contributed by atoms with van der Waals surface area (Å²) in [4.78, 5) is 22.7. The molecule has 1 saturated carbocycles. The van der Waals surface area contributed by atoms with Crippen LogP contribution >= 0.6 is 0 Å². The summed E-state index contributed by atoms with van der Waals surface area (Å²) in [6, 6.07) is 0.0281. The summed E-state index contributed by atoms with van der Waals surface area (Å²) in [5.74, 6) is 0.217. The fourth-order valence-electron chi connectivity index (χ4n) is 2.51. The van der Waals surface area contributed by atoms with Crippen LogP contribution in [-0.4, -0.2) is 24.5 Å². The van der Waals surface area contributed by atoms with Crippen molar-refractivity contribution in [3.63, 3.8) is 0 Å². The molecule has 0 aromatic carbocycles. The van der Waals surface area contributed by atoms with Crippen molar-refractivity contribution in [1.29, 1.82) is 0 Å². The molecule has 78 valence electrons. The summed E-state index contributed by atoms with van der Waals surface area (Å²) in [5.41, 5.74) is 0. The van der Waals surface area contributed by atoms with Gasteiger partial charge in [0.05, 0.1) is 12.5 Å². The molecule has 2 rings (SSSR count). The average molecular weight is 197 g/mol. The van der Waals surface area contributed by atoms with Crippen LogP contribution < -0.4 is 5.32 Å². The van der Waals surface area contributed by atoms with Crippen LogP contribution in [0.4, 0.5) is 0 Å². The zero-order valence-corrected chi connectivity index (χ0v) is 8.29. The van der Waals surface area contributed by atoms with Crippen molar-refractivity contribution in [2.24, 2.45) is 11.8 Å². The van der Waals surface area contributed by atoms with Crippen molar-refractivity contribution in [3.8, 4) is 0 Å². The largest absolute Gasteiger partial charge is 0.466 e. The Morgan fingerprint density at radius 2 is 2.36 bits per heavy atom. The van der Waals surface area contributed by atoms with Gasteiger partial charge in [0.25, 0.3) is 0 Å². The molecule has 1 aliphatic carbocycles. The third kappa shape index (κ3) is 1.61. The number of hydrogen-bond donors (Lipinski definition) is 1. The van der Waals surface area contributed by atoms with E-state index < -0.39 is 0 Å². The molecule has 0 aromatic rings. The van der Waals surface area contributed by atoms with E-state index in [2.05, 4.69) is 5.32 Å². The number of carbonyl (C=O) groups excluding carboxylic acids is 2. The summed E-state index contributed by atoms with van der Waals surface area (Å²) >= 11 is 0. The van der Waals surface area contributed by atoms with E-state index in [1.54, 1.807) is 6.92 Å². The van der Waals surface area contributed by atoms with Gasteiger partial charge in [-0.15, -0.1) is 0 Å². The van der Waals surface area contributed by atoms with E-state index in [0.29, 0.717) is 18.9 Å². The molecule has 1 saturated heterocycles. The molecule has 4 heteroatoms. The van der Waals surface area contributed by atoms with Crippen LogP contribution in [0.2, 0.25) is 0 Å². The van der Waals surface area contributed by atoms with E-state index in [0.717, 1.165) is 12.8 Å². The van der Waals surface area contributed by atoms with Gasteiger partial charge in [0.15, 0.2) is 0 Å². The van der Waals surface area contributed by atoms with Crippen LogP contribution in [0.5, 0.6) is 0 Å². The Bertz CT molecular complexity index is 264. The van der Waals surface area contributed by atoms with Crippen molar-refractivity contribution >= 4 is 11.9 Å². The molecule has 0 aromatic heterocycles. The normalized spacial score (nSPS) is 35.2. The van der Waals surface area contributed by atoms with Gasteiger partial charge < -0.3 is 10.1 Å². The summed E-state index contributed by atoms with van der Waals surface area (Å²) in [6.45, 7) is 2.22. The molecular weight excluding hydrogens is 182 g/mol. The molecule has 1 heterocycles. The van der Waals surface area contributed by atoms with Crippen LogP contribution in [0, 0.1) is 11.8 Å². The van der Waals surface area contributed by atoms with Gasteiger partial charge in [0.1, 0.15) is 0 Å². The summed E-state index contributed by atoms with van der Waals surface area (Å²) < 4.78 is 4.98. The summed E-state index contributed by atoms with van der Waals surface area (Å²) in [6.07, 6.45) is 2.32. The Kier molecular flexibility index (Phi) is 2.44. The first-order valence-corrected chi connectivity index (χ1v) is 5.16. The van der Waals surface area contributed by atoms with Gasteiger partial charge >= 0.3 is 5.97 Å². The van der Waals surface area contributed by atoms with Crippen molar-refractivity contribution in [2.45, 2.75) is 32.2 Å². The Hall–Kier alpha value is -1.06. The Morgan fingerprint density at radius 1 is 1.57 bits per heavy atom. The molecule has 4 nitrogen and oxygen atoms in total. The fraction of sp³-hybridized carbons (Fsp3) is 0.800. The maximum Gasteiger partial charge on any atom is 0.311 e. The number of ether oxygens (including phenoxy) is 1. The smallest absolute Gasteiger partial charge is 0.311 e. The monoisotopic (exact) mass is 197 g/mol. The van der Waals surface area contributed by atoms with Gasteiger partial charge in [-0.25, -0.2) is 0 Å². The maximum atomic E-state index is 11.5. The zero-order valence-electron chi connectivity index (χ0n) is 8.29. The highest BCUT2D eigenvalue weighted by molar-refractivity contribution is 5.81. The lowest BCUT2D eigenvalue weighted by atomic mass is 10.0. The van der Waals surface area contributed by atoms with Gasteiger partial charge in [-0.1, -0.05) is 0 Å². The van der Waals surface area contributed by atoms with Crippen molar-refractivity contribution in [1.82, 2.24) is 5.32 Å². The second kappa shape index (κ2) is 3.59. The number of carbonyl (C=O) groups is 2. The highest BCUT2D eigenvalue weighted by atomic mass is 16.5. The average Bonchev–Trinajstić information content (AvgIpc) is 2.42. The Morgan fingerprint density at radius 3 is 3.07 bits per heavy atom. The molecule has 0 radical (unpaired) electrons. The van der Waals surface area contributed by atoms with Gasteiger partial charge in [0.2, 0.25) is 5.91 Å². The van der Waals surface area contributed by atoms with Gasteiger partial charge in [-0.2, -0.15) is 0 Å². The fourth-order valence-corrected chi connectivity index (χ4v) is 2.51. The molecular formula is C10H15NO3. The zero-order chi connectivity index (χ0) is 10.1. The lowest BCUT2D eigenvalue weighted by Crippen LogP contribution is -2.42. The minimum Gasteiger partial charge on any atom is -0.466 e. The predicted octanol–water partition coefficient (Wildman–Crippen LogP) is 0.464. The molecule has 2 bridgehead atoms. The first-order valence-electron chi connectivity index (χ1n) is 5.16. The number of piperidine rings is 1. The van der Waals surface area contributed by atoms with Crippen molar-refractivity contribution in [2.75, 3.05) is 6.61 Å². The van der Waals surface area contributed by atoms with Crippen LogP contribution in [0.25, 0.3) is 0 Å². The van der Waals surface area contributed by atoms with Gasteiger partial charge in [0, 0.05) is 12.5 Å². The summed E-state index contributed by atoms with van der Waals surface area (Å²) in [7, 11) is 0. The number of hydrogen-bond acceptors (Lipinski definition) is 3. The molecule has 1 aliphatic heterocycles. The molecule has 2 aliphatic rings. The number of rotatable bonds is 2. The second-order valence-electron chi connectivity index (χ2n) is 4.07. The number of esters is 1. The third-order valence-electron chi connectivity index (χ3n) is 3.07. The van der Waals surface area contributed by atoms with Gasteiger partial charge in [-0.3, -0.25) is 9.59 Å². The number of fused-ring (bicyclic) bond motifs is 2. The van der Waals surface area contributed by atoms with E-state index in [1.165, 1.54) is 0 Å². The molecule has 14 heavy (non-hydrogen) atoms. The molecule has 0 spiro atoms. The lowest BCUT2D eigenvalue weighted by molar-refractivity contribution is -0.148. The highest BCUT2D eigenvalue weighted by Gasteiger charge is 2.44. The molecule has 3 atom stereocenters. The highest BCUT2D eigenvalue weighted by Crippen LogP contribution is 2.37. The van der Waals surface area contributed by atoms with Crippen molar-refractivity contribution < 1.29 is 14.3 Å². The quantitative estimate of drug-likeness (QED) is 0.654. The molecule has 1 amide bonds. The first kappa shape index (κ1) is 9.49. The van der Waals surface area contributed by atoms with E-state index in [4.69, 9.17) is 4.74 Å². The standard InChI is InChI=1S/C10H15NO3/c1-2-14-10(13)7-3-6-4-8(7)11-9(12)5-6/h6-8H,2-5H2,1H3,(H,11,12)/t6-,7+,8-/m0/s1. The Balaban J connectivity index is 2.02. The van der Waals surface area contributed by atoms with E-state index in [-0.39, 0.29) is 23.8 Å². The molecule has 1 N–H and O–H groups in total. The Labute approximate surface area is 83.0 Å². The molecule has 2 fully saturated rings. The summed E-state index contributed by atoms with van der Waals surface area (Å²) in [5, 5.41) is 2.86. The van der Waals surface area contributed by atoms with E-state index >= 15 is 0 Å². The minimum atomic E-state index is -0.151. The topological polar surface area (TPSA) is 55.4 Å². The molecule has 0 unspecified atom stereocenters. The van der Waals surface area contributed by atoms with E-state index in [1.807, 2.05) is 0 Å². The van der Waals surface area contributed by atoms with Gasteiger partial charge in [-0.05, 0) is 25.7 Å². The predicted molar refractivity (Wildman–Crippen MR) is 49.4 cm³/mol. The first-order chi connectivity index (χ1) is 6.70. The van der Waals surface area contributed by atoms with Crippen molar-refractivity contribution in [3.05, 3.63) is 0 Å². The van der Waals surface area contributed by atoms with Crippen LogP contribution in [0.3, 0.4) is 0 Å². The van der Waals surface area contributed by atoms with Crippen LogP contribution in [0.1, 0.15) is 26.2 Å². The van der Waals surface area contributed by atoms with Crippen LogP contribution in [-0.2, 0) is 14.3 Å². The number of nitrogens with one attached hydrogen (secondary N) is 1.